The van der Waals surface area contributed by atoms with Crippen LogP contribution >= 0.6 is 24.0 Å². The van der Waals surface area contributed by atoms with Gasteiger partial charge in [-0.05, 0) is 55.7 Å². The number of benzene rings is 1. The maximum atomic E-state index is 5.46. The smallest absolute Gasteiger partial charge is 0.194 e. The van der Waals surface area contributed by atoms with Gasteiger partial charge in [0.1, 0.15) is 0 Å². The van der Waals surface area contributed by atoms with Crippen LogP contribution in [0.15, 0.2) is 35.3 Å². The predicted molar refractivity (Wildman–Crippen MR) is 123 cm³/mol. The largest absolute Gasteiger partial charge is 0.493 e. The van der Waals surface area contributed by atoms with E-state index in [1.807, 2.05) is 25.1 Å². The standard InChI is InChI=1S/C21H28N4O2.HI/c1-5-22-21(23-13-18-8-6-7-15(2)24-18)25-10-9-16-11-19(26-3)20(27-4)12-17(16)14-25;/h6-8,11-12H,5,9-10,13-14H2,1-4H3,(H,22,23);1H. The first-order chi connectivity index (χ1) is 13.1. The summed E-state index contributed by atoms with van der Waals surface area (Å²) >= 11 is 0. The van der Waals surface area contributed by atoms with Crippen molar-refractivity contribution in [3.63, 3.8) is 0 Å². The number of hydrogen-bond acceptors (Lipinski definition) is 4. The van der Waals surface area contributed by atoms with Crippen LogP contribution in [-0.4, -0.2) is 43.2 Å². The monoisotopic (exact) mass is 496 g/mol. The Kier molecular flexibility index (Phi) is 8.35. The van der Waals surface area contributed by atoms with Gasteiger partial charge in [0.15, 0.2) is 17.5 Å². The Morgan fingerprint density at radius 1 is 1.18 bits per heavy atom. The van der Waals surface area contributed by atoms with E-state index in [2.05, 4.69) is 34.3 Å². The summed E-state index contributed by atoms with van der Waals surface area (Å²) in [4.78, 5) is 11.6. The lowest BCUT2D eigenvalue weighted by molar-refractivity contribution is 0.346. The first-order valence-electron chi connectivity index (χ1n) is 9.34. The van der Waals surface area contributed by atoms with Crippen LogP contribution in [0, 0.1) is 6.92 Å². The Labute approximate surface area is 184 Å². The van der Waals surface area contributed by atoms with Crippen molar-refractivity contribution in [2.45, 2.75) is 33.4 Å². The number of rotatable bonds is 5. The third-order valence-corrected chi connectivity index (χ3v) is 4.69. The number of hydrogen-bond donors (Lipinski definition) is 1. The highest BCUT2D eigenvalue weighted by atomic mass is 127. The average Bonchev–Trinajstić information content (AvgIpc) is 2.69. The summed E-state index contributed by atoms with van der Waals surface area (Å²) in [6.45, 7) is 7.20. The van der Waals surface area contributed by atoms with E-state index in [9.17, 15) is 0 Å². The van der Waals surface area contributed by atoms with Gasteiger partial charge in [-0.1, -0.05) is 6.07 Å². The lowest BCUT2D eigenvalue weighted by Crippen LogP contribution is -2.44. The molecule has 0 amide bonds. The molecule has 28 heavy (non-hydrogen) atoms. The van der Waals surface area contributed by atoms with Crippen LogP contribution in [0.4, 0.5) is 0 Å². The van der Waals surface area contributed by atoms with Crippen LogP contribution in [0.2, 0.25) is 0 Å². The van der Waals surface area contributed by atoms with Gasteiger partial charge in [-0.15, -0.1) is 24.0 Å². The second-order valence-corrected chi connectivity index (χ2v) is 6.59. The molecule has 0 spiro atoms. The highest BCUT2D eigenvalue weighted by Gasteiger charge is 2.21. The fraction of sp³-hybridized carbons (Fsp3) is 0.429. The van der Waals surface area contributed by atoms with Gasteiger partial charge in [0, 0.05) is 25.3 Å². The SMILES string of the molecule is CCNC(=NCc1cccc(C)n1)N1CCc2cc(OC)c(OC)cc2C1.I. The van der Waals surface area contributed by atoms with Gasteiger partial charge in [-0.3, -0.25) is 4.98 Å². The molecule has 0 saturated heterocycles. The summed E-state index contributed by atoms with van der Waals surface area (Å²) in [6, 6.07) is 10.2. The van der Waals surface area contributed by atoms with Crippen molar-refractivity contribution in [2.75, 3.05) is 27.3 Å². The molecule has 1 aliphatic heterocycles. The molecule has 3 rings (SSSR count). The minimum Gasteiger partial charge on any atom is -0.493 e. The van der Waals surface area contributed by atoms with Gasteiger partial charge in [0.25, 0.3) is 0 Å². The van der Waals surface area contributed by atoms with Crippen LogP contribution < -0.4 is 14.8 Å². The number of pyridine rings is 1. The third kappa shape index (κ3) is 5.27. The average molecular weight is 496 g/mol. The highest BCUT2D eigenvalue weighted by Crippen LogP contribution is 2.33. The van der Waals surface area contributed by atoms with Gasteiger partial charge < -0.3 is 19.7 Å². The molecule has 0 atom stereocenters. The van der Waals surface area contributed by atoms with E-state index in [1.54, 1.807) is 14.2 Å². The molecule has 1 aliphatic rings. The van der Waals surface area contributed by atoms with E-state index in [1.165, 1.54) is 11.1 Å². The molecule has 1 aromatic carbocycles. The number of guanidine groups is 1. The quantitative estimate of drug-likeness (QED) is 0.390. The molecule has 2 aromatic rings. The Bertz CT molecular complexity index is 826. The molecule has 0 saturated carbocycles. The first kappa shape index (κ1) is 22.3. The fourth-order valence-corrected chi connectivity index (χ4v) is 3.33. The molecule has 6 nitrogen and oxygen atoms in total. The van der Waals surface area contributed by atoms with Crippen LogP contribution in [0.5, 0.6) is 11.5 Å². The Morgan fingerprint density at radius 2 is 1.89 bits per heavy atom. The van der Waals surface area contributed by atoms with Gasteiger partial charge in [0.05, 0.1) is 26.5 Å². The van der Waals surface area contributed by atoms with Crippen molar-refractivity contribution < 1.29 is 9.47 Å². The number of fused-ring (bicyclic) bond motifs is 1. The number of methoxy groups -OCH3 is 2. The van der Waals surface area contributed by atoms with Crippen LogP contribution in [0.3, 0.4) is 0 Å². The summed E-state index contributed by atoms with van der Waals surface area (Å²) in [5, 5.41) is 3.41. The normalized spacial score (nSPS) is 13.4. The maximum absolute atomic E-state index is 5.46. The number of nitrogens with zero attached hydrogens (tertiary/aromatic N) is 3. The Balaban J connectivity index is 0.00000280. The number of aryl methyl sites for hydroxylation is 1. The van der Waals surface area contributed by atoms with Crippen molar-refractivity contribution in [2.24, 2.45) is 4.99 Å². The molecular weight excluding hydrogens is 467 g/mol. The number of aliphatic imine (C=N–C) groups is 1. The van der Waals surface area contributed by atoms with Crippen molar-refractivity contribution in [1.82, 2.24) is 15.2 Å². The summed E-state index contributed by atoms with van der Waals surface area (Å²) < 4.78 is 10.9. The fourth-order valence-electron chi connectivity index (χ4n) is 3.33. The van der Waals surface area contributed by atoms with E-state index in [0.29, 0.717) is 6.54 Å². The van der Waals surface area contributed by atoms with Crippen molar-refractivity contribution in [3.8, 4) is 11.5 Å². The van der Waals surface area contributed by atoms with Crippen molar-refractivity contribution in [3.05, 3.63) is 52.8 Å². The van der Waals surface area contributed by atoms with Gasteiger partial charge in [-0.25, -0.2) is 4.99 Å². The molecule has 0 aliphatic carbocycles. The second kappa shape index (κ2) is 10.5. The first-order valence-corrected chi connectivity index (χ1v) is 9.34. The van der Waals surface area contributed by atoms with E-state index in [-0.39, 0.29) is 24.0 Å². The minimum atomic E-state index is 0. The molecule has 2 heterocycles. The zero-order valence-electron chi connectivity index (χ0n) is 17.0. The maximum Gasteiger partial charge on any atom is 0.194 e. The van der Waals surface area contributed by atoms with Crippen molar-refractivity contribution in [1.29, 1.82) is 0 Å². The lowest BCUT2D eigenvalue weighted by Gasteiger charge is -2.32. The van der Waals surface area contributed by atoms with Crippen molar-refractivity contribution >= 4 is 29.9 Å². The number of nitrogens with one attached hydrogen (secondary N) is 1. The summed E-state index contributed by atoms with van der Waals surface area (Å²) in [5.74, 6) is 2.47. The third-order valence-electron chi connectivity index (χ3n) is 4.69. The predicted octanol–water partition coefficient (Wildman–Crippen LogP) is 3.55. The molecule has 1 N–H and O–H groups in total. The molecule has 1 aromatic heterocycles. The molecule has 0 fully saturated rings. The number of aromatic nitrogens is 1. The summed E-state index contributed by atoms with van der Waals surface area (Å²) in [5.41, 5.74) is 4.55. The van der Waals surface area contributed by atoms with Gasteiger partial charge in [0.2, 0.25) is 0 Å². The van der Waals surface area contributed by atoms with Gasteiger partial charge >= 0.3 is 0 Å². The van der Waals surface area contributed by atoms with E-state index in [0.717, 1.165) is 54.9 Å². The molecule has 0 radical (unpaired) electrons. The van der Waals surface area contributed by atoms with Crippen LogP contribution in [-0.2, 0) is 19.5 Å². The highest BCUT2D eigenvalue weighted by molar-refractivity contribution is 14.0. The molecule has 0 unspecified atom stereocenters. The van der Waals surface area contributed by atoms with E-state index >= 15 is 0 Å². The Morgan fingerprint density at radius 3 is 2.54 bits per heavy atom. The molecule has 0 bridgehead atoms. The van der Waals surface area contributed by atoms with Crippen LogP contribution in [0.1, 0.15) is 29.4 Å². The number of ether oxygens (including phenoxy) is 2. The van der Waals surface area contributed by atoms with Gasteiger partial charge in [-0.2, -0.15) is 0 Å². The Hall–Kier alpha value is -2.03. The van der Waals surface area contributed by atoms with E-state index < -0.39 is 0 Å². The molecule has 7 heteroatoms. The molecular formula is C21H29IN4O2. The minimum absolute atomic E-state index is 0. The van der Waals surface area contributed by atoms with E-state index in [4.69, 9.17) is 14.5 Å². The zero-order valence-corrected chi connectivity index (χ0v) is 19.3. The second-order valence-electron chi connectivity index (χ2n) is 6.59. The molecule has 152 valence electrons. The van der Waals surface area contributed by atoms with Crippen LogP contribution in [0.25, 0.3) is 0 Å². The zero-order chi connectivity index (χ0) is 19.2. The summed E-state index contributed by atoms with van der Waals surface area (Å²) in [7, 11) is 3.35. The number of halogens is 1. The topological polar surface area (TPSA) is 59.0 Å². The lowest BCUT2D eigenvalue weighted by atomic mass is 9.99. The summed E-state index contributed by atoms with van der Waals surface area (Å²) in [6.07, 6.45) is 0.947.